The second-order valence-electron chi connectivity index (χ2n) is 10.7. The quantitative estimate of drug-likeness (QED) is 0.298. The van der Waals surface area contributed by atoms with E-state index in [0.717, 1.165) is 48.0 Å². The van der Waals surface area contributed by atoms with Gasteiger partial charge in [0, 0.05) is 24.2 Å². The van der Waals surface area contributed by atoms with Gasteiger partial charge in [-0.05, 0) is 72.7 Å². The van der Waals surface area contributed by atoms with Gasteiger partial charge in [-0.3, -0.25) is 9.69 Å². The van der Waals surface area contributed by atoms with E-state index in [-0.39, 0.29) is 11.6 Å². The molecule has 2 heterocycles. The predicted octanol–water partition coefficient (Wildman–Crippen LogP) is 6.18. The predicted molar refractivity (Wildman–Crippen MR) is 147 cm³/mol. The van der Waals surface area contributed by atoms with Gasteiger partial charge >= 0.3 is 0 Å². The Labute approximate surface area is 218 Å². The number of aromatic nitrogens is 5. The number of H-pyrrole nitrogens is 1. The first-order valence-electron chi connectivity index (χ1n) is 13.7. The van der Waals surface area contributed by atoms with Crippen LogP contribution in [0, 0.1) is 13.8 Å². The van der Waals surface area contributed by atoms with E-state index in [1.807, 2.05) is 12.1 Å². The van der Waals surface area contributed by atoms with Gasteiger partial charge < -0.3 is 4.98 Å². The van der Waals surface area contributed by atoms with E-state index >= 15 is 0 Å². The summed E-state index contributed by atoms with van der Waals surface area (Å²) in [6, 6.07) is 17.2. The average Bonchev–Trinajstić information content (AvgIpc) is 3.39. The molecule has 0 unspecified atom stereocenters. The Kier molecular flexibility index (Phi) is 7.79. The topological polar surface area (TPSA) is 79.7 Å². The van der Waals surface area contributed by atoms with Crippen molar-refractivity contribution in [2.45, 2.75) is 90.9 Å². The number of nitrogens with zero attached hydrogens (tertiary/aromatic N) is 5. The van der Waals surface area contributed by atoms with Crippen LogP contribution >= 0.6 is 0 Å². The number of nitrogens with one attached hydrogen (secondary N) is 1. The largest absolute Gasteiger partial charge is 0.322 e. The molecular formula is C30H38N6O. The summed E-state index contributed by atoms with van der Waals surface area (Å²) in [5, 5.41) is 14.3. The highest BCUT2D eigenvalue weighted by molar-refractivity contribution is 5.79. The summed E-state index contributed by atoms with van der Waals surface area (Å²) in [7, 11) is 0. The van der Waals surface area contributed by atoms with E-state index in [2.05, 4.69) is 87.3 Å². The molecule has 7 heteroatoms. The highest BCUT2D eigenvalue weighted by atomic mass is 16.1. The monoisotopic (exact) mass is 498 g/mol. The zero-order valence-corrected chi connectivity index (χ0v) is 22.3. The third-order valence-electron chi connectivity index (χ3n) is 7.70. The van der Waals surface area contributed by atoms with Gasteiger partial charge in [0.15, 0.2) is 5.82 Å². The van der Waals surface area contributed by atoms with Crippen LogP contribution in [0.3, 0.4) is 0 Å². The molecule has 0 bridgehead atoms. The SMILES string of the molecule is CCC[C@@H](c1nnnn1C1CCCCC1)N(Cc1ccc(C)cc1)Cc1cc2cc(C)ccc2[nH]c1=O. The fraction of sp³-hybridized carbons (Fsp3) is 0.467. The molecule has 0 amide bonds. The molecule has 37 heavy (non-hydrogen) atoms. The van der Waals surface area contributed by atoms with Gasteiger partial charge in [-0.15, -0.1) is 5.10 Å². The summed E-state index contributed by atoms with van der Waals surface area (Å²) < 4.78 is 2.09. The summed E-state index contributed by atoms with van der Waals surface area (Å²) in [4.78, 5) is 18.7. The highest BCUT2D eigenvalue weighted by Gasteiger charge is 2.29. The Morgan fingerprint density at radius 1 is 1.00 bits per heavy atom. The lowest BCUT2D eigenvalue weighted by Crippen LogP contribution is -2.33. The minimum atomic E-state index is -0.0348. The summed E-state index contributed by atoms with van der Waals surface area (Å²) >= 11 is 0. The summed E-state index contributed by atoms with van der Waals surface area (Å²) in [6.45, 7) is 7.63. The molecule has 5 rings (SSSR count). The number of pyridine rings is 1. The first-order valence-corrected chi connectivity index (χ1v) is 13.7. The Morgan fingerprint density at radius 2 is 1.76 bits per heavy atom. The number of aryl methyl sites for hydroxylation is 2. The lowest BCUT2D eigenvalue weighted by atomic mass is 9.95. The molecule has 0 saturated heterocycles. The molecule has 2 aromatic carbocycles. The van der Waals surface area contributed by atoms with Gasteiger partial charge in [0.1, 0.15) is 0 Å². The standard InChI is InChI=1S/C30H38N6O/c1-4-8-28(29-32-33-34-36(29)26-9-6-5-7-10-26)35(19-23-14-11-21(2)12-15-23)20-25-18-24-17-22(3)13-16-27(24)31-30(25)37/h11-18,26,28H,4-10,19-20H2,1-3H3,(H,31,37)/t28-/m0/s1. The second kappa shape index (κ2) is 11.4. The maximum absolute atomic E-state index is 13.2. The molecule has 1 aliphatic carbocycles. The van der Waals surface area contributed by atoms with E-state index in [4.69, 9.17) is 0 Å². The van der Waals surface area contributed by atoms with Gasteiger partial charge in [-0.1, -0.05) is 74.1 Å². The molecule has 0 aliphatic heterocycles. The van der Waals surface area contributed by atoms with E-state index in [9.17, 15) is 4.79 Å². The molecule has 1 saturated carbocycles. The molecular weight excluding hydrogens is 460 g/mol. The molecule has 1 N–H and O–H groups in total. The third kappa shape index (κ3) is 5.82. The van der Waals surface area contributed by atoms with Crippen LogP contribution in [0.1, 0.15) is 92.0 Å². The van der Waals surface area contributed by atoms with Crippen LogP contribution in [0.15, 0.2) is 53.3 Å². The van der Waals surface area contributed by atoms with Crippen molar-refractivity contribution in [3.63, 3.8) is 0 Å². The molecule has 1 aliphatic rings. The minimum absolute atomic E-state index is 0.0100. The number of hydrogen-bond acceptors (Lipinski definition) is 5. The molecule has 2 aromatic heterocycles. The first-order chi connectivity index (χ1) is 18.0. The second-order valence-corrected chi connectivity index (χ2v) is 10.7. The molecule has 1 atom stereocenters. The van der Waals surface area contributed by atoms with Gasteiger partial charge in [0.2, 0.25) is 0 Å². The fourth-order valence-corrected chi connectivity index (χ4v) is 5.67. The van der Waals surface area contributed by atoms with Crippen LogP contribution in [0.5, 0.6) is 0 Å². The van der Waals surface area contributed by atoms with E-state index in [1.54, 1.807) is 0 Å². The maximum atomic E-state index is 13.2. The Balaban J connectivity index is 1.54. The van der Waals surface area contributed by atoms with Crippen LogP contribution in [-0.2, 0) is 13.1 Å². The molecule has 4 aromatic rings. The van der Waals surface area contributed by atoms with Crippen LogP contribution in [0.2, 0.25) is 0 Å². The highest BCUT2D eigenvalue weighted by Crippen LogP contribution is 2.33. The minimum Gasteiger partial charge on any atom is -0.322 e. The Hall–Kier alpha value is -3.32. The Morgan fingerprint density at radius 3 is 2.51 bits per heavy atom. The van der Waals surface area contributed by atoms with Crippen LogP contribution in [0.25, 0.3) is 10.9 Å². The summed E-state index contributed by atoms with van der Waals surface area (Å²) in [5.74, 6) is 0.925. The zero-order chi connectivity index (χ0) is 25.8. The van der Waals surface area contributed by atoms with Crippen LogP contribution in [0.4, 0.5) is 0 Å². The number of rotatable bonds is 9. The molecule has 0 spiro atoms. The van der Waals surface area contributed by atoms with Crippen molar-refractivity contribution in [1.82, 2.24) is 30.1 Å². The van der Waals surface area contributed by atoms with Crippen molar-refractivity contribution in [2.24, 2.45) is 0 Å². The van der Waals surface area contributed by atoms with Gasteiger partial charge in [0.05, 0.1) is 12.1 Å². The van der Waals surface area contributed by atoms with Crippen LogP contribution < -0.4 is 5.56 Å². The smallest absolute Gasteiger partial charge is 0.252 e. The van der Waals surface area contributed by atoms with Crippen molar-refractivity contribution in [3.8, 4) is 0 Å². The summed E-state index contributed by atoms with van der Waals surface area (Å²) in [5.41, 5.74) is 5.24. The van der Waals surface area contributed by atoms with Gasteiger partial charge in [0.25, 0.3) is 5.56 Å². The van der Waals surface area contributed by atoms with Gasteiger partial charge in [-0.2, -0.15) is 0 Å². The van der Waals surface area contributed by atoms with Crippen molar-refractivity contribution >= 4 is 10.9 Å². The summed E-state index contributed by atoms with van der Waals surface area (Å²) in [6.07, 6.45) is 7.90. The fourth-order valence-electron chi connectivity index (χ4n) is 5.67. The number of tetrazole rings is 1. The number of benzene rings is 2. The number of fused-ring (bicyclic) bond motifs is 1. The van der Waals surface area contributed by atoms with E-state index in [0.29, 0.717) is 19.1 Å². The maximum Gasteiger partial charge on any atom is 0.252 e. The molecule has 1 fully saturated rings. The van der Waals surface area contributed by atoms with Crippen molar-refractivity contribution in [1.29, 1.82) is 0 Å². The average molecular weight is 499 g/mol. The molecule has 7 nitrogen and oxygen atoms in total. The van der Waals surface area contributed by atoms with Crippen molar-refractivity contribution in [2.75, 3.05) is 0 Å². The lowest BCUT2D eigenvalue weighted by Gasteiger charge is -2.32. The molecule has 194 valence electrons. The lowest BCUT2D eigenvalue weighted by molar-refractivity contribution is 0.150. The first kappa shape index (κ1) is 25.3. The van der Waals surface area contributed by atoms with E-state index < -0.39 is 0 Å². The van der Waals surface area contributed by atoms with Gasteiger partial charge in [-0.25, -0.2) is 4.68 Å². The Bertz CT molecular complexity index is 1380. The zero-order valence-electron chi connectivity index (χ0n) is 22.3. The third-order valence-corrected chi connectivity index (χ3v) is 7.70. The van der Waals surface area contributed by atoms with Crippen molar-refractivity contribution < 1.29 is 0 Å². The normalized spacial score (nSPS) is 15.5. The molecule has 0 radical (unpaired) electrons. The number of aromatic amines is 1. The van der Waals surface area contributed by atoms with Crippen LogP contribution in [-0.4, -0.2) is 30.1 Å². The number of hydrogen-bond donors (Lipinski definition) is 1. The van der Waals surface area contributed by atoms with Crippen molar-refractivity contribution in [3.05, 3.63) is 87.0 Å². The van der Waals surface area contributed by atoms with E-state index in [1.165, 1.54) is 36.0 Å².